The molecule has 0 bridgehead atoms. The molecule has 0 aromatic carbocycles. The standard InChI is InChI=1S/C9H15N2O/c1-3-7-11-8-10-6-5-9(11)12-4-2/h5-6,8H,3-4,7H2,1-2H3. The molecule has 0 unspecified atom stereocenters. The Morgan fingerprint density at radius 2 is 2.33 bits per heavy atom. The molecular formula is C9H15N2O. The molecule has 0 aromatic rings. The van der Waals surface area contributed by atoms with Crippen LogP contribution in [0.15, 0.2) is 17.0 Å². The van der Waals surface area contributed by atoms with Crippen LogP contribution in [0, 0.1) is 6.67 Å². The van der Waals surface area contributed by atoms with E-state index in [1.807, 2.05) is 17.9 Å². The summed E-state index contributed by atoms with van der Waals surface area (Å²) in [6.07, 6.45) is 4.73. The Bertz CT molecular complexity index is 187. The van der Waals surface area contributed by atoms with Gasteiger partial charge in [-0.1, -0.05) is 6.92 Å². The molecule has 1 heterocycles. The van der Waals surface area contributed by atoms with Gasteiger partial charge in [0.05, 0.1) is 6.61 Å². The van der Waals surface area contributed by atoms with Gasteiger partial charge >= 0.3 is 0 Å². The van der Waals surface area contributed by atoms with Crippen LogP contribution in [0.25, 0.3) is 0 Å². The lowest BCUT2D eigenvalue weighted by Crippen LogP contribution is -2.24. The summed E-state index contributed by atoms with van der Waals surface area (Å²) in [6.45, 7) is 7.58. The van der Waals surface area contributed by atoms with Gasteiger partial charge < -0.3 is 9.64 Å². The molecule has 0 spiro atoms. The predicted octanol–water partition coefficient (Wildman–Crippen LogP) is 1.78. The van der Waals surface area contributed by atoms with Crippen molar-refractivity contribution >= 4 is 6.21 Å². The molecule has 12 heavy (non-hydrogen) atoms. The minimum absolute atomic E-state index is 0.702. The van der Waals surface area contributed by atoms with E-state index >= 15 is 0 Å². The van der Waals surface area contributed by atoms with Crippen molar-refractivity contribution in [1.82, 2.24) is 4.90 Å². The Hall–Kier alpha value is -0.990. The van der Waals surface area contributed by atoms with E-state index in [1.165, 1.54) is 0 Å². The summed E-state index contributed by atoms with van der Waals surface area (Å²) in [7, 11) is 0. The van der Waals surface area contributed by atoms with Gasteiger partial charge in [-0.25, -0.2) is 0 Å². The third-order valence-electron chi connectivity index (χ3n) is 1.55. The van der Waals surface area contributed by atoms with E-state index in [0.29, 0.717) is 6.61 Å². The summed E-state index contributed by atoms with van der Waals surface area (Å²) in [6, 6.07) is 0. The Morgan fingerprint density at radius 1 is 1.50 bits per heavy atom. The van der Waals surface area contributed by atoms with Crippen molar-refractivity contribution in [3.05, 3.63) is 18.6 Å². The molecule has 1 aliphatic heterocycles. The van der Waals surface area contributed by atoms with Gasteiger partial charge in [-0.3, -0.25) is 4.99 Å². The number of hydrogen-bond acceptors (Lipinski definition) is 3. The average molecular weight is 167 g/mol. The fourth-order valence-electron chi connectivity index (χ4n) is 1.07. The van der Waals surface area contributed by atoms with Gasteiger partial charge in [0.15, 0.2) is 12.6 Å². The van der Waals surface area contributed by atoms with Crippen LogP contribution in [0.3, 0.4) is 0 Å². The van der Waals surface area contributed by atoms with Crippen LogP contribution in [0.4, 0.5) is 0 Å². The van der Waals surface area contributed by atoms with Crippen LogP contribution in [0.5, 0.6) is 0 Å². The van der Waals surface area contributed by atoms with Gasteiger partial charge in [-0.2, -0.15) is 0 Å². The fourth-order valence-corrected chi connectivity index (χ4v) is 1.07. The van der Waals surface area contributed by atoms with Crippen LogP contribution in [-0.2, 0) is 4.74 Å². The molecule has 0 aromatic heterocycles. The van der Waals surface area contributed by atoms with E-state index in [0.717, 1.165) is 18.8 Å². The maximum Gasteiger partial charge on any atom is 0.192 e. The summed E-state index contributed by atoms with van der Waals surface area (Å²) < 4.78 is 5.41. The zero-order chi connectivity index (χ0) is 8.81. The highest BCUT2D eigenvalue weighted by Crippen LogP contribution is 2.12. The van der Waals surface area contributed by atoms with Gasteiger partial charge in [0.1, 0.15) is 0 Å². The van der Waals surface area contributed by atoms with Crippen molar-refractivity contribution in [2.24, 2.45) is 4.99 Å². The van der Waals surface area contributed by atoms with E-state index in [1.54, 1.807) is 12.9 Å². The number of allylic oxidation sites excluding steroid dienone is 1. The Kier molecular flexibility index (Phi) is 3.64. The van der Waals surface area contributed by atoms with Crippen LogP contribution >= 0.6 is 0 Å². The largest absolute Gasteiger partial charge is 0.479 e. The van der Waals surface area contributed by atoms with Crippen molar-refractivity contribution in [3.8, 4) is 0 Å². The monoisotopic (exact) mass is 167 g/mol. The van der Waals surface area contributed by atoms with Gasteiger partial charge in [-0.05, 0) is 13.3 Å². The SMILES string of the molecule is CCCN1[CH]N=CC=C1OCC. The minimum Gasteiger partial charge on any atom is -0.479 e. The molecule has 67 valence electrons. The molecule has 0 N–H and O–H groups in total. The zero-order valence-corrected chi connectivity index (χ0v) is 7.66. The first-order chi connectivity index (χ1) is 5.88. The fraction of sp³-hybridized carbons (Fsp3) is 0.556. The molecule has 0 fully saturated rings. The Labute approximate surface area is 73.7 Å². The first kappa shape index (κ1) is 9.10. The van der Waals surface area contributed by atoms with E-state index < -0.39 is 0 Å². The van der Waals surface area contributed by atoms with Gasteiger partial charge in [-0.15, -0.1) is 0 Å². The Morgan fingerprint density at radius 3 is 3.00 bits per heavy atom. The summed E-state index contributed by atoms with van der Waals surface area (Å²) >= 11 is 0. The number of rotatable bonds is 4. The lowest BCUT2D eigenvalue weighted by Gasteiger charge is -2.25. The van der Waals surface area contributed by atoms with Crippen LogP contribution in [-0.4, -0.2) is 24.3 Å². The third kappa shape index (κ3) is 2.26. The quantitative estimate of drug-likeness (QED) is 0.637. The highest BCUT2D eigenvalue weighted by molar-refractivity contribution is 5.72. The highest BCUT2D eigenvalue weighted by atomic mass is 16.5. The molecule has 0 aliphatic carbocycles. The molecule has 3 nitrogen and oxygen atoms in total. The number of ether oxygens (including phenoxy) is 1. The van der Waals surface area contributed by atoms with Gasteiger partial charge in [0.25, 0.3) is 0 Å². The zero-order valence-electron chi connectivity index (χ0n) is 7.66. The topological polar surface area (TPSA) is 24.8 Å². The second-order valence-corrected chi connectivity index (χ2v) is 2.54. The molecule has 1 rings (SSSR count). The minimum atomic E-state index is 0.702. The average Bonchev–Trinajstić information content (AvgIpc) is 2.09. The molecule has 1 radical (unpaired) electrons. The molecule has 0 saturated heterocycles. The molecule has 1 aliphatic rings. The maximum atomic E-state index is 5.41. The van der Waals surface area contributed by atoms with Gasteiger partial charge in [0.2, 0.25) is 0 Å². The summed E-state index contributed by atoms with van der Waals surface area (Å²) in [5, 5.41) is 0. The summed E-state index contributed by atoms with van der Waals surface area (Å²) in [5.74, 6) is 0.898. The van der Waals surface area contributed by atoms with E-state index in [4.69, 9.17) is 4.74 Å². The van der Waals surface area contributed by atoms with Crippen molar-refractivity contribution in [2.75, 3.05) is 13.2 Å². The molecule has 0 amide bonds. The second kappa shape index (κ2) is 4.80. The highest BCUT2D eigenvalue weighted by Gasteiger charge is 2.10. The number of nitrogens with zero attached hydrogens (tertiary/aromatic N) is 2. The van der Waals surface area contributed by atoms with Crippen molar-refractivity contribution < 1.29 is 4.74 Å². The van der Waals surface area contributed by atoms with E-state index in [-0.39, 0.29) is 0 Å². The van der Waals surface area contributed by atoms with E-state index in [2.05, 4.69) is 11.9 Å². The smallest absolute Gasteiger partial charge is 0.192 e. The molecule has 0 atom stereocenters. The van der Waals surface area contributed by atoms with Crippen molar-refractivity contribution in [3.63, 3.8) is 0 Å². The van der Waals surface area contributed by atoms with Crippen molar-refractivity contribution in [1.29, 1.82) is 0 Å². The van der Waals surface area contributed by atoms with E-state index in [9.17, 15) is 0 Å². The first-order valence-corrected chi connectivity index (χ1v) is 4.34. The number of aliphatic imine (C=N–C) groups is 1. The van der Waals surface area contributed by atoms with Crippen LogP contribution < -0.4 is 0 Å². The third-order valence-corrected chi connectivity index (χ3v) is 1.55. The first-order valence-electron chi connectivity index (χ1n) is 4.34. The van der Waals surface area contributed by atoms with Crippen LogP contribution in [0.2, 0.25) is 0 Å². The Balaban J connectivity index is 2.50. The molecule has 3 heteroatoms. The van der Waals surface area contributed by atoms with Crippen molar-refractivity contribution in [2.45, 2.75) is 20.3 Å². The van der Waals surface area contributed by atoms with Crippen LogP contribution in [0.1, 0.15) is 20.3 Å². The maximum absolute atomic E-state index is 5.41. The van der Waals surface area contributed by atoms with Gasteiger partial charge in [0, 0.05) is 18.8 Å². The lowest BCUT2D eigenvalue weighted by molar-refractivity contribution is 0.137. The number of hydrogen-bond donors (Lipinski definition) is 0. The summed E-state index contributed by atoms with van der Waals surface area (Å²) in [4.78, 5) is 6.05. The molecule has 0 saturated carbocycles. The second-order valence-electron chi connectivity index (χ2n) is 2.54. The lowest BCUT2D eigenvalue weighted by atomic mass is 10.4. The predicted molar refractivity (Wildman–Crippen MR) is 49.5 cm³/mol. The normalized spacial score (nSPS) is 16.2. The molecular weight excluding hydrogens is 152 g/mol. The summed E-state index contributed by atoms with van der Waals surface area (Å²) in [5.41, 5.74) is 0.